The number of benzene rings is 1. The first-order valence-corrected chi connectivity index (χ1v) is 6.56. The standard InChI is InChI=1S/C15H20O6/c1-18-8-4-5-9-21-13-10-11(14(16)19-2)6-7-12(13)15(17)20-3/h6-7,10H,4-5,8-9H2,1-3H3. The molecule has 0 aliphatic carbocycles. The van der Waals surface area contributed by atoms with Crippen LogP contribution in [0.25, 0.3) is 0 Å². The van der Waals surface area contributed by atoms with E-state index < -0.39 is 11.9 Å². The molecule has 6 heteroatoms. The highest BCUT2D eigenvalue weighted by atomic mass is 16.5. The Labute approximate surface area is 123 Å². The molecular weight excluding hydrogens is 276 g/mol. The molecule has 6 nitrogen and oxygen atoms in total. The van der Waals surface area contributed by atoms with Crippen LogP contribution in [0, 0.1) is 0 Å². The van der Waals surface area contributed by atoms with Gasteiger partial charge in [0.05, 0.1) is 26.4 Å². The van der Waals surface area contributed by atoms with Gasteiger partial charge in [0.2, 0.25) is 0 Å². The smallest absolute Gasteiger partial charge is 0.341 e. The lowest BCUT2D eigenvalue weighted by atomic mass is 10.1. The van der Waals surface area contributed by atoms with Crippen molar-refractivity contribution < 1.29 is 28.5 Å². The zero-order valence-corrected chi connectivity index (χ0v) is 12.5. The van der Waals surface area contributed by atoms with Crippen molar-refractivity contribution in [1.82, 2.24) is 0 Å². The van der Waals surface area contributed by atoms with E-state index in [1.54, 1.807) is 7.11 Å². The van der Waals surface area contributed by atoms with Gasteiger partial charge in [-0.15, -0.1) is 0 Å². The molecule has 1 rings (SSSR count). The number of esters is 2. The minimum atomic E-state index is -0.515. The molecule has 0 saturated carbocycles. The van der Waals surface area contributed by atoms with E-state index in [9.17, 15) is 9.59 Å². The van der Waals surface area contributed by atoms with Crippen LogP contribution >= 0.6 is 0 Å². The molecule has 0 spiro atoms. The highest BCUT2D eigenvalue weighted by Gasteiger charge is 2.16. The largest absolute Gasteiger partial charge is 0.493 e. The van der Waals surface area contributed by atoms with Crippen molar-refractivity contribution >= 4 is 11.9 Å². The minimum absolute atomic E-state index is 0.275. The highest BCUT2D eigenvalue weighted by molar-refractivity contribution is 5.96. The summed E-state index contributed by atoms with van der Waals surface area (Å²) in [6.07, 6.45) is 1.62. The third-order valence-electron chi connectivity index (χ3n) is 2.81. The number of rotatable bonds is 8. The Morgan fingerprint density at radius 1 is 0.952 bits per heavy atom. The van der Waals surface area contributed by atoms with Gasteiger partial charge in [0, 0.05) is 13.7 Å². The molecule has 116 valence electrons. The van der Waals surface area contributed by atoms with Crippen LogP contribution in [0.3, 0.4) is 0 Å². The van der Waals surface area contributed by atoms with Crippen molar-refractivity contribution in [2.24, 2.45) is 0 Å². The lowest BCUT2D eigenvalue weighted by Crippen LogP contribution is -2.09. The molecule has 0 aliphatic heterocycles. The lowest BCUT2D eigenvalue weighted by Gasteiger charge is -2.11. The number of carbonyl (C=O) groups excluding carboxylic acids is 2. The highest BCUT2D eigenvalue weighted by Crippen LogP contribution is 2.22. The van der Waals surface area contributed by atoms with E-state index in [0.717, 1.165) is 12.8 Å². The summed E-state index contributed by atoms with van der Waals surface area (Å²) in [4.78, 5) is 23.2. The van der Waals surface area contributed by atoms with E-state index in [2.05, 4.69) is 4.74 Å². The Balaban J connectivity index is 2.84. The third-order valence-corrected chi connectivity index (χ3v) is 2.81. The van der Waals surface area contributed by atoms with E-state index in [-0.39, 0.29) is 5.56 Å². The number of ether oxygens (including phenoxy) is 4. The van der Waals surface area contributed by atoms with Crippen LogP contribution in [0.2, 0.25) is 0 Å². The van der Waals surface area contributed by atoms with Gasteiger partial charge >= 0.3 is 11.9 Å². The second kappa shape index (κ2) is 8.97. The molecule has 0 heterocycles. The second-order valence-electron chi connectivity index (χ2n) is 4.24. The predicted molar refractivity (Wildman–Crippen MR) is 75.7 cm³/mol. The van der Waals surface area contributed by atoms with E-state index in [1.165, 1.54) is 32.4 Å². The number of methoxy groups -OCH3 is 3. The molecule has 0 aliphatic rings. The van der Waals surface area contributed by atoms with Gasteiger partial charge in [-0.1, -0.05) is 0 Å². The molecule has 0 unspecified atom stereocenters. The molecule has 0 N–H and O–H groups in total. The fourth-order valence-corrected chi connectivity index (χ4v) is 1.70. The summed E-state index contributed by atoms with van der Waals surface area (Å²) in [5.74, 6) is -0.698. The van der Waals surface area contributed by atoms with Crippen molar-refractivity contribution in [1.29, 1.82) is 0 Å². The van der Waals surface area contributed by atoms with Crippen molar-refractivity contribution in [2.75, 3.05) is 34.5 Å². The zero-order chi connectivity index (χ0) is 15.7. The van der Waals surface area contributed by atoms with Gasteiger partial charge in [0.1, 0.15) is 11.3 Å². The summed E-state index contributed by atoms with van der Waals surface area (Å²) < 4.78 is 19.9. The van der Waals surface area contributed by atoms with Gasteiger partial charge in [0.15, 0.2) is 0 Å². The molecule has 0 bridgehead atoms. The summed E-state index contributed by atoms with van der Waals surface area (Å²) >= 11 is 0. The Kier molecular flexibility index (Phi) is 7.25. The maximum Gasteiger partial charge on any atom is 0.341 e. The summed E-state index contributed by atoms with van der Waals surface area (Å²) in [6, 6.07) is 4.47. The fraction of sp³-hybridized carbons (Fsp3) is 0.467. The predicted octanol–water partition coefficient (Wildman–Crippen LogP) is 2.07. The molecule has 1 aromatic carbocycles. The number of hydrogen-bond acceptors (Lipinski definition) is 6. The average Bonchev–Trinajstić information content (AvgIpc) is 2.53. The summed E-state index contributed by atoms with van der Waals surface area (Å²) in [5.41, 5.74) is 0.592. The van der Waals surface area contributed by atoms with Gasteiger partial charge in [-0.2, -0.15) is 0 Å². The van der Waals surface area contributed by atoms with Gasteiger partial charge in [0.25, 0.3) is 0 Å². The Morgan fingerprint density at radius 2 is 1.62 bits per heavy atom. The lowest BCUT2D eigenvalue weighted by molar-refractivity contribution is 0.0582. The van der Waals surface area contributed by atoms with Crippen molar-refractivity contribution in [3.8, 4) is 5.75 Å². The van der Waals surface area contributed by atoms with Gasteiger partial charge in [-0.25, -0.2) is 9.59 Å². The molecule has 0 radical (unpaired) electrons. The first-order valence-electron chi connectivity index (χ1n) is 6.56. The zero-order valence-electron chi connectivity index (χ0n) is 12.5. The number of unbranched alkanes of at least 4 members (excludes halogenated alkanes) is 1. The van der Waals surface area contributed by atoms with Gasteiger partial charge in [-0.05, 0) is 31.0 Å². The van der Waals surface area contributed by atoms with Crippen molar-refractivity contribution in [3.05, 3.63) is 29.3 Å². The normalized spacial score (nSPS) is 10.0. The van der Waals surface area contributed by atoms with Gasteiger partial charge in [-0.3, -0.25) is 0 Å². The monoisotopic (exact) mass is 296 g/mol. The average molecular weight is 296 g/mol. The van der Waals surface area contributed by atoms with Crippen LogP contribution < -0.4 is 4.74 Å². The Bertz CT molecular complexity index is 483. The quantitative estimate of drug-likeness (QED) is 0.540. The Morgan fingerprint density at radius 3 is 2.24 bits per heavy atom. The molecular formula is C15H20O6. The van der Waals surface area contributed by atoms with Crippen LogP contribution in [0.1, 0.15) is 33.6 Å². The maximum absolute atomic E-state index is 11.7. The molecule has 0 atom stereocenters. The molecule has 0 fully saturated rings. The van der Waals surface area contributed by atoms with E-state index >= 15 is 0 Å². The molecule has 21 heavy (non-hydrogen) atoms. The minimum Gasteiger partial charge on any atom is -0.493 e. The first-order chi connectivity index (χ1) is 10.1. The van der Waals surface area contributed by atoms with Crippen LogP contribution in [0.4, 0.5) is 0 Å². The fourth-order valence-electron chi connectivity index (χ4n) is 1.70. The second-order valence-corrected chi connectivity index (χ2v) is 4.24. The van der Waals surface area contributed by atoms with E-state index in [1.807, 2.05) is 0 Å². The number of hydrogen-bond donors (Lipinski definition) is 0. The first kappa shape index (κ1) is 17.0. The maximum atomic E-state index is 11.7. The topological polar surface area (TPSA) is 71.1 Å². The SMILES string of the molecule is COCCCCOc1cc(C(=O)OC)ccc1C(=O)OC. The summed E-state index contributed by atoms with van der Waals surface area (Å²) in [7, 11) is 4.22. The van der Waals surface area contributed by atoms with Crippen LogP contribution in [0.15, 0.2) is 18.2 Å². The molecule has 1 aromatic rings. The van der Waals surface area contributed by atoms with E-state index in [4.69, 9.17) is 14.2 Å². The third kappa shape index (κ3) is 5.07. The van der Waals surface area contributed by atoms with Gasteiger partial charge < -0.3 is 18.9 Å². The Hall–Kier alpha value is -2.08. The van der Waals surface area contributed by atoms with Crippen LogP contribution in [0.5, 0.6) is 5.75 Å². The molecule has 0 saturated heterocycles. The summed E-state index contributed by atoms with van der Waals surface area (Å²) in [6.45, 7) is 1.06. The molecule has 0 amide bonds. The van der Waals surface area contributed by atoms with Crippen molar-refractivity contribution in [2.45, 2.75) is 12.8 Å². The molecule has 0 aromatic heterocycles. The van der Waals surface area contributed by atoms with Crippen LogP contribution in [-0.2, 0) is 14.2 Å². The van der Waals surface area contributed by atoms with E-state index in [0.29, 0.717) is 24.5 Å². The number of carbonyl (C=O) groups is 2. The van der Waals surface area contributed by atoms with Crippen LogP contribution in [-0.4, -0.2) is 46.5 Å². The van der Waals surface area contributed by atoms with Crippen molar-refractivity contribution in [3.63, 3.8) is 0 Å². The summed E-state index contributed by atoms with van der Waals surface area (Å²) in [5, 5.41) is 0.